The molecule has 2 aliphatic rings. The molecular weight excluding hydrogens is 438 g/mol. The second-order valence-corrected chi connectivity index (χ2v) is 9.71. The quantitative estimate of drug-likeness (QED) is 0.377. The van der Waals surface area contributed by atoms with Gasteiger partial charge in [0.05, 0.1) is 18.8 Å². The zero-order valence-electron chi connectivity index (χ0n) is 20.2. The van der Waals surface area contributed by atoms with Gasteiger partial charge in [-0.2, -0.15) is 0 Å². The van der Waals surface area contributed by atoms with Crippen LogP contribution in [0.5, 0.6) is 0 Å². The number of rotatable bonds is 8. The molecule has 5 heteroatoms. The number of fused-ring (bicyclic) bond motifs is 1. The molecule has 3 aromatic carbocycles. The lowest BCUT2D eigenvalue weighted by molar-refractivity contribution is -0.152. The van der Waals surface area contributed by atoms with Crippen molar-refractivity contribution in [1.82, 2.24) is 0 Å². The fourth-order valence-corrected chi connectivity index (χ4v) is 5.37. The van der Waals surface area contributed by atoms with E-state index in [-0.39, 0.29) is 24.7 Å². The smallest absolute Gasteiger partial charge is 0.164 e. The Morgan fingerprint density at radius 1 is 0.857 bits per heavy atom. The molecule has 3 aromatic rings. The lowest BCUT2D eigenvalue weighted by atomic mass is 9.80. The molecule has 1 aliphatic carbocycles. The summed E-state index contributed by atoms with van der Waals surface area (Å²) in [4.78, 5) is 0. The zero-order chi connectivity index (χ0) is 24.5. The third-order valence-electron chi connectivity index (χ3n) is 6.96. The Balaban J connectivity index is 1.57. The Bertz CT molecular complexity index is 1050. The first-order valence-electron chi connectivity index (χ1n) is 12.2. The summed E-state index contributed by atoms with van der Waals surface area (Å²) >= 11 is 0. The largest absolute Gasteiger partial charge is 0.391 e. The molecule has 5 nitrogen and oxygen atoms in total. The van der Waals surface area contributed by atoms with Crippen LogP contribution in [0.1, 0.15) is 30.5 Å². The summed E-state index contributed by atoms with van der Waals surface area (Å²) in [6, 6.07) is 30.9. The molecule has 5 rings (SSSR count). The summed E-state index contributed by atoms with van der Waals surface area (Å²) in [7, 11) is 0. The Hall–Kier alpha value is -2.80. The summed E-state index contributed by atoms with van der Waals surface area (Å²) in [6.07, 6.45) is 0.742. The van der Waals surface area contributed by atoms with Crippen molar-refractivity contribution in [3.05, 3.63) is 119 Å². The predicted molar refractivity (Wildman–Crippen MR) is 136 cm³/mol. The van der Waals surface area contributed by atoms with Gasteiger partial charge < -0.3 is 25.1 Å². The molecule has 0 spiro atoms. The van der Waals surface area contributed by atoms with E-state index in [4.69, 9.17) is 19.9 Å². The van der Waals surface area contributed by atoms with Gasteiger partial charge in [0.25, 0.3) is 0 Å². The van der Waals surface area contributed by atoms with Gasteiger partial charge >= 0.3 is 0 Å². The number of hydrogen-bond donors (Lipinski definition) is 2. The van der Waals surface area contributed by atoms with Crippen LogP contribution in [0.2, 0.25) is 0 Å². The van der Waals surface area contributed by atoms with Crippen molar-refractivity contribution >= 4 is 0 Å². The number of hydrogen-bond acceptors (Lipinski definition) is 5. The summed E-state index contributed by atoms with van der Waals surface area (Å²) < 4.78 is 19.4. The van der Waals surface area contributed by atoms with E-state index in [1.165, 1.54) is 0 Å². The molecule has 3 N–H and O–H groups in total. The van der Waals surface area contributed by atoms with E-state index in [0.29, 0.717) is 6.61 Å². The lowest BCUT2D eigenvalue weighted by Crippen LogP contribution is -2.37. The molecule has 182 valence electrons. The Morgan fingerprint density at radius 2 is 1.34 bits per heavy atom. The summed E-state index contributed by atoms with van der Waals surface area (Å²) in [5, 5.41) is 10.6. The first-order chi connectivity index (χ1) is 16.9. The normalized spacial score (nSPS) is 24.1. The average Bonchev–Trinajstić information content (AvgIpc) is 3.39. The number of ether oxygens (including phenoxy) is 3. The maximum atomic E-state index is 10.6. The van der Waals surface area contributed by atoms with Gasteiger partial charge in [0.1, 0.15) is 11.7 Å². The highest BCUT2D eigenvalue weighted by Gasteiger charge is 2.52. The minimum Gasteiger partial charge on any atom is -0.391 e. The molecule has 4 atom stereocenters. The highest BCUT2D eigenvalue weighted by Crippen LogP contribution is 2.45. The van der Waals surface area contributed by atoms with Gasteiger partial charge in [-0.25, -0.2) is 0 Å². The lowest BCUT2D eigenvalue weighted by Gasteiger charge is -2.36. The van der Waals surface area contributed by atoms with Crippen molar-refractivity contribution in [2.75, 3.05) is 13.2 Å². The second-order valence-electron chi connectivity index (χ2n) is 9.71. The minimum atomic E-state index is -0.834. The summed E-state index contributed by atoms with van der Waals surface area (Å²) in [5.74, 6) is -0.985. The fourth-order valence-electron chi connectivity index (χ4n) is 5.37. The minimum absolute atomic E-state index is 0.157. The Labute approximate surface area is 207 Å². The van der Waals surface area contributed by atoms with Crippen molar-refractivity contribution in [1.29, 1.82) is 0 Å². The molecule has 1 saturated heterocycles. The van der Waals surface area contributed by atoms with E-state index < -0.39 is 17.5 Å². The number of nitrogens with two attached hydrogens (primary N) is 1. The SMILES string of the molecule is CC1(C)O[C@@H]2[C@H](O1)C(COC(c1ccccc1)(c1ccccc1)c1ccccc1)=C[C@H]2C(O)CN. The molecule has 35 heavy (non-hydrogen) atoms. The molecule has 0 radical (unpaired) electrons. The van der Waals surface area contributed by atoms with Crippen LogP contribution in [-0.4, -0.2) is 42.4 Å². The van der Waals surface area contributed by atoms with Crippen LogP contribution in [-0.2, 0) is 19.8 Å². The number of aliphatic hydroxyl groups excluding tert-OH is 1. The predicted octanol–water partition coefficient (Wildman–Crippen LogP) is 4.39. The number of aliphatic hydroxyl groups is 1. The van der Waals surface area contributed by atoms with E-state index in [2.05, 4.69) is 36.4 Å². The van der Waals surface area contributed by atoms with Crippen LogP contribution in [0.4, 0.5) is 0 Å². The van der Waals surface area contributed by atoms with E-state index in [0.717, 1.165) is 22.3 Å². The Kier molecular flexibility index (Phi) is 6.62. The monoisotopic (exact) mass is 471 g/mol. The molecule has 1 heterocycles. The van der Waals surface area contributed by atoms with Crippen molar-refractivity contribution in [2.45, 2.75) is 43.5 Å². The van der Waals surface area contributed by atoms with Gasteiger partial charge in [0, 0.05) is 12.5 Å². The summed E-state index contributed by atoms with van der Waals surface area (Å²) in [5.41, 5.74) is 9.05. The maximum absolute atomic E-state index is 10.6. The maximum Gasteiger partial charge on any atom is 0.164 e. The first kappa shape index (κ1) is 23.9. The highest BCUT2D eigenvalue weighted by atomic mass is 16.8. The topological polar surface area (TPSA) is 73.9 Å². The number of benzene rings is 3. The van der Waals surface area contributed by atoms with E-state index in [1.807, 2.05) is 74.5 Å². The van der Waals surface area contributed by atoms with Crippen molar-refractivity contribution in [2.24, 2.45) is 11.7 Å². The van der Waals surface area contributed by atoms with E-state index in [1.54, 1.807) is 0 Å². The molecule has 1 unspecified atom stereocenters. The third kappa shape index (κ3) is 4.46. The zero-order valence-corrected chi connectivity index (χ0v) is 20.2. The van der Waals surface area contributed by atoms with Crippen molar-refractivity contribution < 1.29 is 19.3 Å². The van der Waals surface area contributed by atoms with Gasteiger partial charge in [-0.15, -0.1) is 0 Å². The van der Waals surface area contributed by atoms with Crippen LogP contribution in [0, 0.1) is 5.92 Å². The van der Waals surface area contributed by atoms with Crippen LogP contribution in [0.15, 0.2) is 103 Å². The third-order valence-corrected chi connectivity index (χ3v) is 6.96. The van der Waals surface area contributed by atoms with Gasteiger partial charge in [0.2, 0.25) is 0 Å². The van der Waals surface area contributed by atoms with Gasteiger partial charge in [-0.3, -0.25) is 0 Å². The van der Waals surface area contributed by atoms with Crippen molar-refractivity contribution in [3.63, 3.8) is 0 Å². The molecule has 0 aromatic heterocycles. The van der Waals surface area contributed by atoms with Crippen LogP contribution < -0.4 is 5.73 Å². The highest BCUT2D eigenvalue weighted by molar-refractivity contribution is 5.47. The molecule has 0 bridgehead atoms. The van der Waals surface area contributed by atoms with Crippen molar-refractivity contribution in [3.8, 4) is 0 Å². The average molecular weight is 472 g/mol. The van der Waals surface area contributed by atoms with Gasteiger partial charge in [0.15, 0.2) is 5.79 Å². The molecule has 1 aliphatic heterocycles. The van der Waals surface area contributed by atoms with Crippen LogP contribution >= 0.6 is 0 Å². The molecule has 0 amide bonds. The van der Waals surface area contributed by atoms with Gasteiger partial charge in [-0.1, -0.05) is 97.1 Å². The molecular formula is C30H33NO4. The first-order valence-corrected chi connectivity index (χ1v) is 12.2. The van der Waals surface area contributed by atoms with E-state index >= 15 is 0 Å². The second kappa shape index (κ2) is 9.69. The van der Waals surface area contributed by atoms with Crippen LogP contribution in [0.25, 0.3) is 0 Å². The van der Waals surface area contributed by atoms with E-state index in [9.17, 15) is 5.11 Å². The van der Waals surface area contributed by atoms with Gasteiger partial charge in [-0.05, 0) is 36.1 Å². The van der Waals surface area contributed by atoms with Crippen LogP contribution in [0.3, 0.4) is 0 Å². The standard InChI is InChI=1S/C30H33NO4/c1-29(2)34-27-21(18-25(26(32)19-31)28(27)35-29)20-33-30(22-12-6-3-7-13-22,23-14-8-4-9-15-23)24-16-10-5-11-17-24/h3-18,25-28,32H,19-20,31H2,1-2H3/t25-,26?,27+,28-/m0/s1. The molecule has 1 fully saturated rings. The fraction of sp³-hybridized carbons (Fsp3) is 0.333. The summed E-state index contributed by atoms with van der Waals surface area (Å²) in [6.45, 7) is 4.27. The Morgan fingerprint density at radius 3 is 1.80 bits per heavy atom. The molecule has 0 saturated carbocycles.